The van der Waals surface area contributed by atoms with Gasteiger partial charge in [0.2, 0.25) is 0 Å². The summed E-state index contributed by atoms with van der Waals surface area (Å²) < 4.78 is 0. The molecular weight excluding hydrogens is 404 g/mol. The molecule has 3 aromatic carbocycles. The molecular formula is C25H24N4O3. The fourth-order valence-electron chi connectivity index (χ4n) is 2.76. The maximum atomic E-state index is 12.8. The van der Waals surface area contributed by atoms with E-state index in [1.54, 1.807) is 42.5 Å². The molecule has 0 aliphatic heterocycles. The van der Waals surface area contributed by atoms with Gasteiger partial charge in [0.25, 0.3) is 11.8 Å². The van der Waals surface area contributed by atoms with Crippen LogP contribution in [0.4, 0.5) is 5.69 Å². The maximum Gasteiger partial charge on any atom is 0.287 e. The number of aromatic hydroxyl groups is 1. The Balaban J connectivity index is 1.80. The average Bonchev–Trinajstić information content (AvgIpc) is 2.80. The molecule has 7 heteroatoms. The van der Waals surface area contributed by atoms with E-state index in [-0.39, 0.29) is 11.4 Å². The van der Waals surface area contributed by atoms with Crippen LogP contribution in [-0.2, 0) is 4.79 Å². The number of amides is 2. The average molecular weight is 428 g/mol. The van der Waals surface area contributed by atoms with Gasteiger partial charge in [0, 0.05) is 25.3 Å². The monoisotopic (exact) mass is 428 g/mol. The van der Waals surface area contributed by atoms with Crippen LogP contribution in [-0.4, -0.2) is 37.2 Å². The third-order valence-electron chi connectivity index (χ3n) is 4.52. The lowest BCUT2D eigenvalue weighted by Gasteiger charge is -2.12. The molecule has 0 atom stereocenters. The number of carbonyl (C=O) groups excluding carboxylic acids is 2. The zero-order chi connectivity index (χ0) is 22.9. The van der Waals surface area contributed by atoms with Gasteiger partial charge in [-0.05, 0) is 65.7 Å². The predicted octanol–water partition coefficient (Wildman–Crippen LogP) is 3.38. The van der Waals surface area contributed by atoms with Crippen LogP contribution in [0.3, 0.4) is 0 Å². The first-order valence-electron chi connectivity index (χ1n) is 9.90. The number of phenolic OH excluding ortho intramolecular Hbond substituents is 1. The van der Waals surface area contributed by atoms with Crippen LogP contribution >= 0.6 is 0 Å². The van der Waals surface area contributed by atoms with Crippen LogP contribution < -0.4 is 15.6 Å². The van der Waals surface area contributed by atoms with Crippen molar-refractivity contribution in [3.8, 4) is 5.75 Å². The largest absolute Gasteiger partial charge is 0.508 e. The molecule has 0 saturated carbocycles. The first-order valence-corrected chi connectivity index (χ1v) is 9.90. The highest BCUT2D eigenvalue weighted by atomic mass is 16.3. The molecule has 162 valence electrons. The number of nitrogens with zero attached hydrogens (tertiary/aromatic N) is 2. The van der Waals surface area contributed by atoms with Gasteiger partial charge in [0.1, 0.15) is 11.4 Å². The molecule has 0 fully saturated rings. The standard InChI is InChI=1S/C25H24N4O3/c1-29(2)21-12-8-18(9-13-21)16-23(27-24(31)20-6-4-3-5-7-20)25(32)28-26-17-19-10-14-22(30)15-11-19/h3-17,30H,1-2H3,(H,27,31)(H,28,32)/b23-16-,26-17-. The minimum absolute atomic E-state index is 0.0549. The van der Waals surface area contributed by atoms with Gasteiger partial charge in [0.15, 0.2) is 0 Å². The highest BCUT2D eigenvalue weighted by Gasteiger charge is 2.14. The molecule has 0 radical (unpaired) electrons. The highest BCUT2D eigenvalue weighted by molar-refractivity contribution is 6.05. The minimum Gasteiger partial charge on any atom is -0.508 e. The molecule has 0 aliphatic rings. The number of nitrogens with one attached hydrogen (secondary N) is 2. The van der Waals surface area contributed by atoms with Gasteiger partial charge in [-0.25, -0.2) is 5.43 Å². The van der Waals surface area contributed by atoms with Crippen LogP contribution in [0.25, 0.3) is 6.08 Å². The van der Waals surface area contributed by atoms with Crippen LogP contribution in [0.15, 0.2) is 89.7 Å². The number of hydrazone groups is 1. The number of carbonyl (C=O) groups is 2. The molecule has 3 N–H and O–H groups in total. The molecule has 0 heterocycles. The fourth-order valence-corrected chi connectivity index (χ4v) is 2.76. The molecule has 0 saturated heterocycles. The Labute approximate surface area is 186 Å². The van der Waals surface area contributed by atoms with Gasteiger partial charge < -0.3 is 15.3 Å². The Morgan fingerprint density at radius 3 is 2.12 bits per heavy atom. The van der Waals surface area contributed by atoms with E-state index in [2.05, 4.69) is 15.8 Å². The van der Waals surface area contributed by atoms with E-state index >= 15 is 0 Å². The third kappa shape index (κ3) is 6.30. The van der Waals surface area contributed by atoms with Crippen molar-refractivity contribution in [2.45, 2.75) is 0 Å². The van der Waals surface area contributed by atoms with Gasteiger partial charge in [-0.2, -0.15) is 5.10 Å². The second-order valence-corrected chi connectivity index (χ2v) is 7.15. The lowest BCUT2D eigenvalue weighted by atomic mass is 10.1. The second-order valence-electron chi connectivity index (χ2n) is 7.15. The second kappa shape index (κ2) is 10.6. The van der Waals surface area contributed by atoms with Crippen LogP contribution in [0.1, 0.15) is 21.5 Å². The van der Waals surface area contributed by atoms with Gasteiger partial charge in [-0.15, -0.1) is 0 Å². The van der Waals surface area contributed by atoms with Crippen LogP contribution in [0.5, 0.6) is 5.75 Å². The van der Waals surface area contributed by atoms with Crippen molar-refractivity contribution in [3.05, 3.63) is 101 Å². The van der Waals surface area contributed by atoms with E-state index < -0.39 is 11.8 Å². The normalized spacial score (nSPS) is 11.2. The van der Waals surface area contributed by atoms with Crippen molar-refractivity contribution in [2.75, 3.05) is 19.0 Å². The van der Waals surface area contributed by atoms with Crippen molar-refractivity contribution in [2.24, 2.45) is 5.10 Å². The Hall–Kier alpha value is -4.39. The van der Waals surface area contributed by atoms with Gasteiger partial charge >= 0.3 is 0 Å². The first kappa shape index (κ1) is 22.3. The smallest absolute Gasteiger partial charge is 0.287 e. The highest BCUT2D eigenvalue weighted by Crippen LogP contribution is 2.15. The maximum absolute atomic E-state index is 12.8. The molecule has 32 heavy (non-hydrogen) atoms. The van der Waals surface area contributed by atoms with E-state index in [1.807, 2.05) is 49.3 Å². The van der Waals surface area contributed by atoms with Crippen LogP contribution in [0, 0.1) is 0 Å². The minimum atomic E-state index is -0.569. The fraction of sp³-hybridized carbons (Fsp3) is 0.0800. The summed E-state index contributed by atoms with van der Waals surface area (Å²) >= 11 is 0. The topological polar surface area (TPSA) is 94.0 Å². The summed E-state index contributed by atoms with van der Waals surface area (Å²) in [6.45, 7) is 0. The summed E-state index contributed by atoms with van der Waals surface area (Å²) in [5.74, 6) is -0.833. The molecule has 0 bridgehead atoms. The van der Waals surface area contributed by atoms with Crippen LogP contribution in [0.2, 0.25) is 0 Å². The quantitative estimate of drug-likeness (QED) is 0.306. The number of benzene rings is 3. The molecule has 0 aliphatic carbocycles. The molecule has 0 spiro atoms. The summed E-state index contributed by atoms with van der Waals surface area (Å²) in [7, 11) is 3.88. The summed E-state index contributed by atoms with van der Waals surface area (Å²) in [6, 6.07) is 22.6. The van der Waals surface area contributed by atoms with Gasteiger partial charge in [0.05, 0.1) is 6.21 Å². The Bertz CT molecular complexity index is 1120. The Kier molecular flexibility index (Phi) is 7.37. The van der Waals surface area contributed by atoms with E-state index in [9.17, 15) is 14.7 Å². The number of hydrogen-bond donors (Lipinski definition) is 3. The van der Waals surface area contributed by atoms with E-state index in [1.165, 1.54) is 18.3 Å². The Morgan fingerprint density at radius 1 is 0.875 bits per heavy atom. The van der Waals surface area contributed by atoms with Gasteiger partial charge in [-0.1, -0.05) is 30.3 Å². The molecule has 3 rings (SSSR count). The molecule has 0 unspecified atom stereocenters. The summed E-state index contributed by atoms with van der Waals surface area (Å²) in [4.78, 5) is 27.4. The number of phenols is 1. The number of rotatable bonds is 7. The zero-order valence-electron chi connectivity index (χ0n) is 17.8. The predicted molar refractivity (Wildman–Crippen MR) is 126 cm³/mol. The molecule has 2 amide bonds. The van der Waals surface area contributed by atoms with E-state index in [0.29, 0.717) is 11.1 Å². The van der Waals surface area contributed by atoms with Crippen molar-refractivity contribution in [3.63, 3.8) is 0 Å². The first-order chi connectivity index (χ1) is 15.4. The molecule has 7 nitrogen and oxygen atoms in total. The van der Waals surface area contributed by atoms with Crippen molar-refractivity contribution in [1.29, 1.82) is 0 Å². The SMILES string of the molecule is CN(C)c1ccc(/C=C(\NC(=O)c2ccccc2)C(=O)N/N=C\c2ccc(O)cc2)cc1. The van der Waals surface area contributed by atoms with Crippen molar-refractivity contribution in [1.82, 2.24) is 10.7 Å². The summed E-state index contributed by atoms with van der Waals surface area (Å²) in [5.41, 5.74) is 5.37. The molecule has 3 aromatic rings. The van der Waals surface area contributed by atoms with Gasteiger partial charge in [-0.3, -0.25) is 9.59 Å². The molecule has 0 aromatic heterocycles. The summed E-state index contributed by atoms with van der Waals surface area (Å²) in [5, 5.41) is 16.0. The lowest BCUT2D eigenvalue weighted by Crippen LogP contribution is -2.32. The Morgan fingerprint density at radius 2 is 1.50 bits per heavy atom. The van der Waals surface area contributed by atoms with E-state index in [0.717, 1.165) is 11.3 Å². The number of anilines is 1. The van der Waals surface area contributed by atoms with Crippen molar-refractivity contribution < 1.29 is 14.7 Å². The third-order valence-corrected chi connectivity index (χ3v) is 4.52. The lowest BCUT2D eigenvalue weighted by molar-refractivity contribution is -0.117. The summed E-state index contributed by atoms with van der Waals surface area (Å²) in [6.07, 6.45) is 3.03. The zero-order valence-corrected chi connectivity index (χ0v) is 17.8. The van der Waals surface area contributed by atoms with Crippen molar-refractivity contribution >= 4 is 29.8 Å². The van der Waals surface area contributed by atoms with E-state index in [4.69, 9.17) is 0 Å². The number of hydrogen-bond acceptors (Lipinski definition) is 5.